The van der Waals surface area contributed by atoms with Gasteiger partial charge < -0.3 is 15.0 Å². The Morgan fingerprint density at radius 3 is 2.81 bits per heavy atom. The largest absolute Gasteiger partial charge is 0.497 e. The maximum absolute atomic E-state index is 12.7. The molecule has 0 unspecified atom stereocenters. The summed E-state index contributed by atoms with van der Waals surface area (Å²) < 4.78 is 5.96. The van der Waals surface area contributed by atoms with Crippen LogP contribution in [0.15, 0.2) is 56.3 Å². The molecule has 0 amide bonds. The number of aromatic amines is 1. The van der Waals surface area contributed by atoms with Gasteiger partial charge >= 0.3 is 0 Å². The van der Waals surface area contributed by atoms with Gasteiger partial charge in [0.2, 0.25) is 5.13 Å². The normalized spacial score (nSPS) is 11.1. The fourth-order valence-corrected chi connectivity index (χ4v) is 6.35. The van der Waals surface area contributed by atoms with E-state index in [4.69, 9.17) is 4.74 Å². The summed E-state index contributed by atoms with van der Waals surface area (Å²) in [6, 6.07) is 11.6. The zero-order valence-corrected chi connectivity index (χ0v) is 19.4. The van der Waals surface area contributed by atoms with Crippen molar-refractivity contribution in [1.82, 2.24) is 20.2 Å². The third-order valence-electron chi connectivity index (χ3n) is 4.36. The molecule has 7 nitrogen and oxygen atoms in total. The molecule has 0 spiro atoms. The summed E-state index contributed by atoms with van der Waals surface area (Å²) in [6.07, 6.45) is 0. The van der Waals surface area contributed by atoms with E-state index in [0.717, 1.165) is 31.0 Å². The molecule has 0 saturated carbocycles. The van der Waals surface area contributed by atoms with Gasteiger partial charge in [0, 0.05) is 21.5 Å². The van der Waals surface area contributed by atoms with Crippen LogP contribution in [0.25, 0.3) is 20.7 Å². The summed E-state index contributed by atoms with van der Waals surface area (Å²) in [5, 5.41) is 17.0. The minimum atomic E-state index is -0.107. The number of ether oxygens (including phenoxy) is 1. The number of nitrogens with one attached hydrogen (secondary N) is 2. The van der Waals surface area contributed by atoms with Crippen molar-refractivity contribution < 1.29 is 4.74 Å². The Balaban J connectivity index is 1.28. The van der Waals surface area contributed by atoms with Gasteiger partial charge in [0.25, 0.3) is 5.56 Å². The van der Waals surface area contributed by atoms with Crippen molar-refractivity contribution in [3.8, 4) is 16.2 Å². The van der Waals surface area contributed by atoms with Crippen molar-refractivity contribution in [2.45, 2.75) is 10.1 Å². The molecule has 4 aromatic heterocycles. The maximum Gasteiger partial charge on any atom is 0.260 e. The summed E-state index contributed by atoms with van der Waals surface area (Å²) >= 11 is 6.05. The van der Waals surface area contributed by atoms with E-state index in [-0.39, 0.29) is 5.56 Å². The highest BCUT2D eigenvalue weighted by Gasteiger charge is 2.14. The lowest BCUT2D eigenvalue weighted by molar-refractivity contribution is 0.415. The second-order valence-electron chi connectivity index (χ2n) is 6.33. The van der Waals surface area contributed by atoms with Crippen LogP contribution in [-0.4, -0.2) is 27.3 Å². The van der Waals surface area contributed by atoms with Crippen LogP contribution in [0.4, 0.5) is 10.8 Å². The van der Waals surface area contributed by atoms with Gasteiger partial charge in [0.1, 0.15) is 16.4 Å². The second-order valence-corrected chi connectivity index (χ2v) is 10.3. The zero-order chi connectivity index (χ0) is 21.2. The van der Waals surface area contributed by atoms with Crippen LogP contribution in [0.3, 0.4) is 0 Å². The molecular weight excluding hydrogens is 471 g/mol. The summed E-state index contributed by atoms with van der Waals surface area (Å²) in [5.41, 5.74) is 1.75. The molecule has 0 aliphatic rings. The molecule has 2 N–H and O–H groups in total. The van der Waals surface area contributed by atoms with Gasteiger partial charge in [-0.3, -0.25) is 4.79 Å². The zero-order valence-electron chi connectivity index (χ0n) is 16.1. The number of thioether (sulfide) groups is 1. The standard InChI is InChI=1S/C20H15N5O2S4/c1-27-12-6-4-11(5-7-12)21-19-24-25-20(31-19)30-10-15-22-17(26)16-13(9-29-18(16)23-15)14-3-2-8-28-14/h2-9H,10H2,1H3,(H,21,24)(H,22,23,26). The van der Waals surface area contributed by atoms with Gasteiger partial charge in [0.05, 0.1) is 18.2 Å². The third-order valence-corrected chi connectivity index (χ3v) is 8.12. The van der Waals surface area contributed by atoms with Crippen LogP contribution in [0.1, 0.15) is 5.82 Å². The molecule has 5 aromatic rings. The van der Waals surface area contributed by atoms with Crippen molar-refractivity contribution in [2.24, 2.45) is 0 Å². The Bertz CT molecular complexity index is 1370. The highest BCUT2D eigenvalue weighted by molar-refractivity contribution is 8.00. The minimum Gasteiger partial charge on any atom is -0.497 e. The quantitative estimate of drug-likeness (QED) is 0.289. The Hall–Kier alpha value is -2.73. The molecule has 0 bridgehead atoms. The average molecular weight is 486 g/mol. The van der Waals surface area contributed by atoms with Crippen LogP contribution >= 0.6 is 45.8 Å². The van der Waals surface area contributed by atoms with Crippen molar-refractivity contribution in [2.75, 3.05) is 12.4 Å². The fraction of sp³-hybridized carbons (Fsp3) is 0.100. The van der Waals surface area contributed by atoms with E-state index in [9.17, 15) is 4.79 Å². The Morgan fingerprint density at radius 2 is 2.03 bits per heavy atom. The number of thiophene rings is 2. The molecule has 5 rings (SSSR count). The maximum atomic E-state index is 12.7. The molecule has 31 heavy (non-hydrogen) atoms. The summed E-state index contributed by atoms with van der Waals surface area (Å²) in [5.74, 6) is 1.93. The molecule has 0 radical (unpaired) electrons. The van der Waals surface area contributed by atoms with Crippen LogP contribution < -0.4 is 15.6 Å². The molecule has 0 aliphatic carbocycles. The number of fused-ring (bicyclic) bond motifs is 1. The number of anilines is 2. The van der Waals surface area contributed by atoms with E-state index >= 15 is 0 Å². The Morgan fingerprint density at radius 1 is 1.16 bits per heavy atom. The molecule has 0 saturated heterocycles. The monoisotopic (exact) mass is 485 g/mol. The number of nitrogens with zero attached hydrogens (tertiary/aromatic N) is 3. The van der Waals surface area contributed by atoms with Crippen molar-refractivity contribution in [3.05, 3.63) is 63.3 Å². The number of aromatic nitrogens is 4. The summed E-state index contributed by atoms with van der Waals surface area (Å²) in [7, 11) is 1.64. The molecule has 0 fully saturated rings. The first-order valence-electron chi connectivity index (χ1n) is 9.11. The van der Waals surface area contributed by atoms with Gasteiger partial charge in [0.15, 0.2) is 4.34 Å². The van der Waals surface area contributed by atoms with E-state index in [2.05, 4.69) is 25.5 Å². The van der Waals surface area contributed by atoms with Crippen LogP contribution in [0.2, 0.25) is 0 Å². The van der Waals surface area contributed by atoms with Gasteiger partial charge in [-0.15, -0.1) is 32.9 Å². The van der Waals surface area contributed by atoms with Gasteiger partial charge in [-0.1, -0.05) is 29.2 Å². The topological polar surface area (TPSA) is 92.8 Å². The highest BCUT2D eigenvalue weighted by atomic mass is 32.2. The smallest absolute Gasteiger partial charge is 0.260 e. The molecule has 4 heterocycles. The molecule has 0 atom stereocenters. The molecule has 11 heteroatoms. The van der Waals surface area contributed by atoms with Crippen LogP contribution in [-0.2, 0) is 5.75 Å². The van der Waals surface area contributed by atoms with Crippen molar-refractivity contribution in [3.63, 3.8) is 0 Å². The number of H-pyrrole nitrogens is 1. The predicted octanol–water partition coefficient (Wildman–Crippen LogP) is 5.61. The first-order chi connectivity index (χ1) is 15.2. The van der Waals surface area contributed by atoms with E-state index in [1.165, 1.54) is 34.4 Å². The van der Waals surface area contributed by atoms with E-state index < -0.39 is 0 Å². The fourth-order valence-electron chi connectivity index (χ4n) is 2.92. The predicted molar refractivity (Wildman–Crippen MR) is 129 cm³/mol. The number of hydrogen-bond acceptors (Lipinski definition) is 10. The second kappa shape index (κ2) is 8.79. The van der Waals surface area contributed by atoms with Gasteiger partial charge in [-0.05, 0) is 35.7 Å². The van der Waals surface area contributed by atoms with Gasteiger partial charge in [-0.25, -0.2) is 4.98 Å². The number of benzene rings is 1. The van der Waals surface area contributed by atoms with Crippen molar-refractivity contribution >= 4 is 66.8 Å². The van der Waals surface area contributed by atoms with E-state index in [1.54, 1.807) is 18.4 Å². The summed E-state index contributed by atoms with van der Waals surface area (Å²) in [6.45, 7) is 0. The highest BCUT2D eigenvalue weighted by Crippen LogP contribution is 2.34. The molecule has 0 aliphatic heterocycles. The molecule has 1 aromatic carbocycles. The van der Waals surface area contributed by atoms with Gasteiger partial charge in [-0.2, -0.15) is 0 Å². The molecule has 156 valence electrons. The lowest BCUT2D eigenvalue weighted by Gasteiger charge is -2.03. The van der Waals surface area contributed by atoms with Crippen molar-refractivity contribution in [1.29, 1.82) is 0 Å². The van der Waals surface area contributed by atoms with Crippen LogP contribution in [0.5, 0.6) is 5.75 Å². The molecular formula is C20H15N5O2S4. The SMILES string of the molecule is COc1ccc(Nc2nnc(SCc3nc4scc(-c5cccs5)c4c(=O)[nH]3)s2)cc1. The number of rotatable bonds is 7. The Kier molecular flexibility index (Phi) is 5.72. The first kappa shape index (κ1) is 20.2. The lowest BCUT2D eigenvalue weighted by atomic mass is 10.2. The number of methoxy groups -OCH3 is 1. The first-order valence-corrected chi connectivity index (χ1v) is 12.7. The minimum absolute atomic E-state index is 0.107. The number of hydrogen-bond donors (Lipinski definition) is 2. The van der Waals surface area contributed by atoms with Crippen LogP contribution in [0, 0.1) is 0 Å². The van der Waals surface area contributed by atoms with E-state index in [1.807, 2.05) is 47.2 Å². The summed E-state index contributed by atoms with van der Waals surface area (Å²) in [4.78, 5) is 22.1. The third kappa shape index (κ3) is 4.35. The van der Waals surface area contributed by atoms with E-state index in [0.29, 0.717) is 22.1 Å². The Labute approximate surface area is 193 Å². The lowest BCUT2D eigenvalue weighted by Crippen LogP contribution is -2.10. The average Bonchev–Trinajstić information content (AvgIpc) is 3.53.